The molecule has 1 aliphatic rings. The highest BCUT2D eigenvalue weighted by molar-refractivity contribution is 8.77. The van der Waals surface area contributed by atoms with Crippen molar-refractivity contribution in [3.8, 4) is 5.75 Å². The van der Waals surface area contributed by atoms with E-state index >= 15 is 0 Å². The van der Waals surface area contributed by atoms with E-state index in [9.17, 15) is 48.6 Å². The maximum atomic E-state index is 15.0. The first kappa shape index (κ1) is 61.2. The Morgan fingerprint density at radius 3 is 1.87 bits per heavy atom. The van der Waals surface area contributed by atoms with E-state index in [2.05, 4.69) is 42.2 Å². The zero-order valence-electron chi connectivity index (χ0n) is 44.0. The van der Waals surface area contributed by atoms with Crippen molar-refractivity contribution in [2.75, 3.05) is 18.8 Å². The maximum absolute atomic E-state index is 15.0. The third-order valence-corrected chi connectivity index (χ3v) is 16.5. The Labute approximate surface area is 456 Å². The highest BCUT2D eigenvalue weighted by Crippen LogP contribution is 2.39. The van der Waals surface area contributed by atoms with Crippen molar-refractivity contribution in [2.24, 2.45) is 23.1 Å². The van der Waals surface area contributed by atoms with E-state index in [1.807, 2.05) is 24.3 Å². The number of H-pyrrole nitrogens is 1. The summed E-state index contributed by atoms with van der Waals surface area (Å²) >= 11 is 0. The van der Waals surface area contributed by atoms with Crippen molar-refractivity contribution in [3.05, 3.63) is 102 Å². The summed E-state index contributed by atoms with van der Waals surface area (Å²) in [6.07, 6.45) is 3.67. The van der Waals surface area contributed by atoms with Crippen molar-refractivity contribution in [3.63, 3.8) is 0 Å². The van der Waals surface area contributed by atoms with Crippen molar-refractivity contribution in [1.29, 1.82) is 0 Å². The molecule has 4 aromatic rings. The van der Waals surface area contributed by atoms with Gasteiger partial charge in [0.1, 0.15) is 48.0 Å². The molecular formula is C54H75N11O10S2. The number of phenols is 1. The Morgan fingerprint density at radius 1 is 0.701 bits per heavy atom. The van der Waals surface area contributed by atoms with Gasteiger partial charge in [-0.05, 0) is 99.8 Å². The molecule has 21 nitrogen and oxygen atoms in total. The fraction of sp³-hybridized carbons (Fsp3) is 0.481. The van der Waals surface area contributed by atoms with Gasteiger partial charge < -0.3 is 69.6 Å². The standard InChI is InChI=1S/C54H75N11O10S2/c1-31(2)44(53(74)75)64-51(72)43-30-76-77-54(3,4)45(65-46(67)37(57)17-10-12-24-55)52(73)62-41(26-32-14-6-5-7-15-32)48(69)61-42(28-34-29-58-38-18-9-8-16-36(34)38)50(71)59-39(19-11-13-25-56)47(68)60-40(49(70)63-43)27-33-20-22-35(66)23-21-33/h5-9,14-16,18,20-23,29,31,37,39-45,58,66H,10-13,17,19,24-28,30,55-57H2,1-4H3,(H,59,71)(H,60,68)(H,61,69)(H,62,73)(H,63,70)(H,64,72)(H,65,67)(H,74,75)/t37-,39-,40-,41-,42-,43-,44-,45-/m0/s1. The van der Waals surface area contributed by atoms with Crippen LogP contribution >= 0.6 is 21.6 Å². The SMILES string of the molecule is CC(C)[C@H](NC(=O)[C@@H]1CSSC(C)(C)[C@@H](NC(=O)[C@@H](N)CCCCN)C(=O)N[C@@H](Cc2ccccc2)C(=O)N[C@@H](Cc2c[nH]c3ccccc23)C(=O)N[C@@H](CCCCN)C(=O)N[C@@H](Cc2ccc(O)cc2)C(=O)N1)C(=O)O. The molecule has 0 unspecified atom stereocenters. The number of carbonyl (C=O) groups excluding carboxylic acids is 7. The number of para-hydroxylation sites is 1. The first-order valence-corrected chi connectivity index (χ1v) is 28.2. The van der Waals surface area contributed by atoms with Crippen LogP contribution in [0.2, 0.25) is 0 Å². The van der Waals surface area contributed by atoms with Crippen LogP contribution < -0.4 is 54.4 Å². The lowest BCUT2D eigenvalue weighted by Crippen LogP contribution is -2.63. The third-order valence-electron chi connectivity index (χ3n) is 13.2. The molecule has 0 saturated carbocycles. The van der Waals surface area contributed by atoms with Crippen molar-refractivity contribution < 1.29 is 48.6 Å². The van der Waals surface area contributed by atoms with Gasteiger partial charge in [0.05, 0.1) is 6.04 Å². The smallest absolute Gasteiger partial charge is 0.326 e. The summed E-state index contributed by atoms with van der Waals surface area (Å²) in [5.41, 5.74) is 20.5. The summed E-state index contributed by atoms with van der Waals surface area (Å²) in [4.78, 5) is 118. The van der Waals surface area contributed by atoms with Gasteiger partial charge in [0.25, 0.3) is 0 Å². The number of fused-ring (bicyclic) bond motifs is 1. The normalized spacial score (nSPS) is 21.8. The second-order valence-electron chi connectivity index (χ2n) is 20.1. The van der Waals surface area contributed by atoms with Crippen molar-refractivity contribution in [1.82, 2.24) is 42.2 Å². The molecule has 0 bridgehead atoms. The number of aliphatic carboxylic acids is 1. The topological polar surface area (TPSA) is 355 Å². The molecule has 2 heterocycles. The predicted molar refractivity (Wildman–Crippen MR) is 298 cm³/mol. The number of benzene rings is 3. The third kappa shape index (κ3) is 18.5. The molecule has 0 spiro atoms. The number of carboxylic acid groups (broad SMARTS) is 1. The minimum absolute atomic E-state index is 0.0486. The maximum Gasteiger partial charge on any atom is 0.326 e. The lowest BCUT2D eigenvalue weighted by molar-refractivity contribution is -0.143. The van der Waals surface area contributed by atoms with E-state index in [0.717, 1.165) is 32.5 Å². The van der Waals surface area contributed by atoms with E-state index in [0.29, 0.717) is 48.9 Å². The number of hydrogen-bond donors (Lipinski definition) is 13. The van der Waals surface area contributed by atoms with Crippen LogP contribution in [0.25, 0.3) is 10.9 Å². The van der Waals surface area contributed by atoms with Crippen LogP contribution in [0.3, 0.4) is 0 Å². The molecule has 1 fully saturated rings. The fourth-order valence-electron chi connectivity index (χ4n) is 8.67. The molecule has 0 aliphatic carbocycles. The summed E-state index contributed by atoms with van der Waals surface area (Å²) in [6, 6.07) is 11.4. The molecule has 418 valence electrons. The van der Waals surface area contributed by atoms with Crippen LogP contribution in [0.5, 0.6) is 5.75 Å². The van der Waals surface area contributed by atoms with Crippen LogP contribution in [0, 0.1) is 5.92 Å². The van der Waals surface area contributed by atoms with Crippen LogP contribution in [0.4, 0.5) is 0 Å². The lowest BCUT2D eigenvalue weighted by Gasteiger charge is -2.35. The van der Waals surface area contributed by atoms with E-state index in [1.165, 1.54) is 12.1 Å². The number of hydrogen-bond acceptors (Lipinski definition) is 14. The van der Waals surface area contributed by atoms with Crippen LogP contribution in [-0.4, -0.2) is 134 Å². The number of aromatic hydroxyl groups is 1. The number of phenolic OH excluding ortho intramolecular Hbond substituents is 1. The van der Waals surface area contributed by atoms with Gasteiger partial charge in [0.15, 0.2) is 0 Å². The van der Waals surface area contributed by atoms with Crippen molar-refractivity contribution in [2.45, 2.75) is 139 Å². The molecule has 7 amide bonds. The van der Waals surface area contributed by atoms with Gasteiger partial charge in [-0.15, -0.1) is 0 Å². The summed E-state index contributed by atoms with van der Waals surface area (Å²) in [6.45, 7) is 7.18. The molecule has 23 heteroatoms. The Morgan fingerprint density at radius 2 is 1.25 bits per heavy atom. The molecular weight excluding hydrogens is 1030 g/mol. The van der Waals surface area contributed by atoms with Gasteiger partial charge >= 0.3 is 5.97 Å². The molecule has 8 atom stereocenters. The number of unbranched alkanes of at least 4 members (excludes halogenated alkanes) is 2. The predicted octanol–water partition coefficient (Wildman–Crippen LogP) is 1.79. The van der Waals surface area contributed by atoms with Crippen LogP contribution in [-0.2, 0) is 57.6 Å². The zero-order valence-corrected chi connectivity index (χ0v) is 45.6. The van der Waals surface area contributed by atoms with Gasteiger partial charge in [-0.3, -0.25) is 33.6 Å². The summed E-state index contributed by atoms with van der Waals surface area (Å²) in [7, 11) is 2.11. The average Bonchev–Trinajstić information content (AvgIpc) is 3.80. The summed E-state index contributed by atoms with van der Waals surface area (Å²) in [5.74, 6) is -7.64. The molecule has 16 N–H and O–H groups in total. The number of aromatic amines is 1. The number of rotatable bonds is 20. The number of amides is 7. The number of nitrogens with two attached hydrogens (primary N) is 3. The second-order valence-corrected chi connectivity index (χ2v) is 23.1. The molecule has 1 aromatic heterocycles. The minimum atomic E-state index is -1.46. The Kier molecular flexibility index (Phi) is 23.6. The van der Waals surface area contributed by atoms with Gasteiger partial charge in [0, 0.05) is 46.9 Å². The Balaban J connectivity index is 1.66. The van der Waals surface area contributed by atoms with E-state index in [4.69, 9.17) is 17.2 Å². The Bertz CT molecular complexity index is 2640. The van der Waals surface area contributed by atoms with E-state index in [-0.39, 0.29) is 50.2 Å². The largest absolute Gasteiger partial charge is 0.508 e. The monoisotopic (exact) mass is 1100 g/mol. The first-order valence-electron chi connectivity index (χ1n) is 25.9. The van der Waals surface area contributed by atoms with E-state index in [1.54, 1.807) is 76.4 Å². The Hall–Kier alpha value is -6.66. The fourth-order valence-corrected chi connectivity index (χ4v) is 11.5. The molecule has 1 saturated heterocycles. The number of carboxylic acids is 1. The second kappa shape index (κ2) is 29.7. The van der Waals surface area contributed by atoms with Crippen LogP contribution in [0.15, 0.2) is 85.1 Å². The molecule has 0 radical (unpaired) electrons. The minimum Gasteiger partial charge on any atom is -0.508 e. The molecule has 77 heavy (non-hydrogen) atoms. The summed E-state index contributed by atoms with van der Waals surface area (Å²) < 4.78 is -1.28. The van der Waals surface area contributed by atoms with E-state index < -0.39 is 106 Å². The van der Waals surface area contributed by atoms with Crippen molar-refractivity contribution >= 4 is 79.8 Å². The number of carbonyl (C=O) groups is 8. The highest BCUT2D eigenvalue weighted by Gasteiger charge is 2.42. The summed E-state index contributed by atoms with van der Waals surface area (Å²) in [5, 5.41) is 40.4. The molecule has 1 aliphatic heterocycles. The molecule has 5 rings (SSSR count). The van der Waals surface area contributed by atoms with Gasteiger partial charge in [0.2, 0.25) is 41.4 Å². The lowest BCUT2D eigenvalue weighted by atomic mass is 9.98. The first-order chi connectivity index (χ1) is 36.7. The van der Waals surface area contributed by atoms with Gasteiger partial charge in [-0.25, -0.2) is 4.79 Å². The zero-order chi connectivity index (χ0) is 56.2. The average molecular weight is 1100 g/mol. The highest BCUT2D eigenvalue weighted by atomic mass is 33.1. The molecule has 3 aromatic carbocycles. The number of aromatic nitrogens is 1. The quantitative estimate of drug-likeness (QED) is 0.0443. The van der Waals surface area contributed by atoms with Gasteiger partial charge in [-0.1, -0.05) is 103 Å². The number of nitrogens with one attached hydrogen (secondary N) is 8. The van der Waals surface area contributed by atoms with Crippen LogP contribution in [0.1, 0.15) is 82.9 Å². The van der Waals surface area contributed by atoms with Gasteiger partial charge in [-0.2, -0.15) is 0 Å².